The van der Waals surface area contributed by atoms with E-state index in [9.17, 15) is 9.90 Å². The molecule has 1 aromatic heterocycles. The first kappa shape index (κ1) is 20.8. The SMILES string of the molecule is CCn1cc(C)c2c1CCCN(CCCN1CCN(c3ccc(O)cc3)CC1)C2=O. The van der Waals surface area contributed by atoms with Gasteiger partial charge in [-0.3, -0.25) is 9.69 Å². The number of amides is 1. The Hall–Kier alpha value is -2.47. The fourth-order valence-corrected chi connectivity index (χ4v) is 4.88. The molecule has 3 heterocycles. The minimum absolute atomic E-state index is 0.226. The first-order chi connectivity index (χ1) is 14.6. The quantitative estimate of drug-likeness (QED) is 0.795. The molecule has 4 rings (SSSR count). The Balaban J connectivity index is 1.27. The molecule has 30 heavy (non-hydrogen) atoms. The average molecular weight is 411 g/mol. The minimum atomic E-state index is 0.226. The van der Waals surface area contributed by atoms with Crippen LogP contribution in [0.1, 0.15) is 41.4 Å². The maximum atomic E-state index is 13.2. The van der Waals surface area contributed by atoms with E-state index in [-0.39, 0.29) is 5.91 Å². The van der Waals surface area contributed by atoms with Crippen molar-refractivity contribution in [1.29, 1.82) is 0 Å². The van der Waals surface area contributed by atoms with Crippen molar-refractivity contribution in [2.24, 2.45) is 0 Å². The minimum Gasteiger partial charge on any atom is -0.508 e. The maximum absolute atomic E-state index is 13.2. The topological polar surface area (TPSA) is 52.0 Å². The highest BCUT2D eigenvalue weighted by Crippen LogP contribution is 2.24. The van der Waals surface area contributed by atoms with Crippen LogP contribution in [0, 0.1) is 6.92 Å². The molecular formula is C24H34N4O2. The van der Waals surface area contributed by atoms with Crippen LogP contribution in [0.15, 0.2) is 30.5 Å². The van der Waals surface area contributed by atoms with Gasteiger partial charge in [-0.1, -0.05) is 0 Å². The maximum Gasteiger partial charge on any atom is 0.255 e. The summed E-state index contributed by atoms with van der Waals surface area (Å²) >= 11 is 0. The molecule has 6 heteroatoms. The molecular weight excluding hydrogens is 376 g/mol. The van der Waals surface area contributed by atoms with Crippen LogP contribution in [0.3, 0.4) is 0 Å². The van der Waals surface area contributed by atoms with E-state index in [2.05, 4.69) is 39.3 Å². The summed E-state index contributed by atoms with van der Waals surface area (Å²) < 4.78 is 2.25. The molecule has 1 saturated heterocycles. The van der Waals surface area contributed by atoms with Gasteiger partial charge >= 0.3 is 0 Å². The molecule has 2 aliphatic heterocycles. The highest BCUT2D eigenvalue weighted by Gasteiger charge is 2.27. The second kappa shape index (κ2) is 9.13. The third-order valence-electron chi connectivity index (χ3n) is 6.55. The van der Waals surface area contributed by atoms with Gasteiger partial charge in [-0.2, -0.15) is 0 Å². The summed E-state index contributed by atoms with van der Waals surface area (Å²) in [5, 5.41) is 9.47. The lowest BCUT2D eigenvalue weighted by molar-refractivity contribution is 0.0752. The second-order valence-corrected chi connectivity index (χ2v) is 8.51. The zero-order chi connectivity index (χ0) is 21.1. The van der Waals surface area contributed by atoms with E-state index in [1.54, 1.807) is 12.1 Å². The van der Waals surface area contributed by atoms with Crippen LogP contribution < -0.4 is 4.90 Å². The normalized spacial score (nSPS) is 17.9. The van der Waals surface area contributed by atoms with Crippen molar-refractivity contribution < 1.29 is 9.90 Å². The summed E-state index contributed by atoms with van der Waals surface area (Å²) in [6, 6.07) is 7.47. The number of phenolic OH excluding ortho intramolecular Hbond substituents is 1. The molecule has 6 nitrogen and oxygen atoms in total. The van der Waals surface area contributed by atoms with Crippen LogP contribution in [-0.2, 0) is 13.0 Å². The zero-order valence-corrected chi connectivity index (χ0v) is 18.3. The highest BCUT2D eigenvalue weighted by atomic mass is 16.3. The lowest BCUT2D eigenvalue weighted by atomic mass is 10.1. The monoisotopic (exact) mass is 410 g/mol. The van der Waals surface area contributed by atoms with Crippen LogP contribution in [-0.4, -0.2) is 71.2 Å². The van der Waals surface area contributed by atoms with E-state index in [4.69, 9.17) is 0 Å². The van der Waals surface area contributed by atoms with Crippen molar-refractivity contribution in [2.75, 3.05) is 50.7 Å². The van der Waals surface area contributed by atoms with Gasteiger partial charge in [0.05, 0.1) is 5.56 Å². The molecule has 1 fully saturated rings. The van der Waals surface area contributed by atoms with Crippen LogP contribution in [0.25, 0.3) is 0 Å². The summed E-state index contributed by atoms with van der Waals surface area (Å²) in [6.45, 7) is 12.0. The summed E-state index contributed by atoms with van der Waals surface area (Å²) in [5.74, 6) is 0.540. The molecule has 0 atom stereocenters. The fourth-order valence-electron chi connectivity index (χ4n) is 4.88. The number of fused-ring (bicyclic) bond motifs is 1. The fraction of sp³-hybridized carbons (Fsp3) is 0.542. The summed E-state index contributed by atoms with van der Waals surface area (Å²) in [4.78, 5) is 20.1. The summed E-state index contributed by atoms with van der Waals surface area (Å²) in [5.41, 5.74) is 4.48. The van der Waals surface area contributed by atoms with E-state index >= 15 is 0 Å². The molecule has 1 N–H and O–H groups in total. The van der Waals surface area contributed by atoms with Crippen molar-refractivity contribution in [1.82, 2.24) is 14.4 Å². The standard InChI is InChI=1S/C24H34N4O2/c1-3-26-18-19(2)23-22(26)6-4-12-28(24(23)30)13-5-11-25-14-16-27(17-15-25)20-7-9-21(29)10-8-20/h7-10,18,29H,3-6,11-17H2,1-2H3. The second-order valence-electron chi connectivity index (χ2n) is 8.51. The number of aromatic hydroxyl groups is 1. The van der Waals surface area contributed by atoms with Gasteiger partial charge in [0.1, 0.15) is 5.75 Å². The Morgan fingerprint density at radius 2 is 1.73 bits per heavy atom. The van der Waals surface area contributed by atoms with Gasteiger partial charge in [0.2, 0.25) is 0 Å². The first-order valence-corrected chi connectivity index (χ1v) is 11.3. The lowest BCUT2D eigenvalue weighted by Crippen LogP contribution is -2.47. The molecule has 1 amide bonds. The van der Waals surface area contributed by atoms with Gasteiger partial charge in [-0.25, -0.2) is 0 Å². The van der Waals surface area contributed by atoms with E-state index in [1.165, 1.54) is 11.4 Å². The van der Waals surface area contributed by atoms with Crippen molar-refractivity contribution in [3.05, 3.63) is 47.3 Å². The van der Waals surface area contributed by atoms with Crippen molar-refractivity contribution >= 4 is 11.6 Å². The number of phenols is 1. The van der Waals surface area contributed by atoms with E-state index in [0.717, 1.165) is 82.7 Å². The largest absolute Gasteiger partial charge is 0.508 e. The number of aryl methyl sites for hydroxylation is 2. The number of hydrogen-bond donors (Lipinski definition) is 1. The zero-order valence-electron chi connectivity index (χ0n) is 18.3. The van der Waals surface area contributed by atoms with Gasteiger partial charge in [0, 0.05) is 63.4 Å². The molecule has 2 aliphatic rings. The number of hydrogen-bond acceptors (Lipinski definition) is 4. The smallest absolute Gasteiger partial charge is 0.255 e. The molecule has 2 aromatic rings. The van der Waals surface area contributed by atoms with Crippen molar-refractivity contribution in [2.45, 2.75) is 39.7 Å². The predicted octanol–water partition coefficient (Wildman–Crippen LogP) is 3.12. The summed E-state index contributed by atoms with van der Waals surface area (Å²) in [7, 11) is 0. The lowest BCUT2D eigenvalue weighted by Gasteiger charge is -2.36. The number of anilines is 1. The van der Waals surface area contributed by atoms with E-state index in [1.807, 2.05) is 12.1 Å². The first-order valence-electron chi connectivity index (χ1n) is 11.3. The summed E-state index contributed by atoms with van der Waals surface area (Å²) in [6.07, 6.45) is 5.21. The number of nitrogens with zero attached hydrogens (tertiary/aromatic N) is 4. The van der Waals surface area contributed by atoms with E-state index in [0.29, 0.717) is 5.75 Å². The third-order valence-corrected chi connectivity index (χ3v) is 6.55. The number of piperazine rings is 1. The Labute approximate surface area is 179 Å². The van der Waals surface area contributed by atoms with Gasteiger partial charge < -0.3 is 19.5 Å². The number of rotatable bonds is 6. The van der Waals surface area contributed by atoms with Crippen LogP contribution >= 0.6 is 0 Å². The van der Waals surface area contributed by atoms with Gasteiger partial charge in [0.15, 0.2) is 0 Å². The average Bonchev–Trinajstić information content (AvgIpc) is 2.98. The van der Waals surface area contributed by atoms with Crippen LogP contribution in [0.5, 0.6) is 5.75 Å². The van der Waals surface area contributed by atoms with Gasteiger partial charge in [-0.15, -0.1) is 0 Å². The number of aromatic nitrogens is 1. The molecule has 0 bridgehead atoms. The van der Waals surface area contributed by atoms with Crippen molar-refractivity contribution in [3.8, 4) is 5.75 Å². The van der Waals surface area contributed by atoms with Crippen LogP contribution in [0.4, 0.5) is 5.69 Å². The Morgan fingerprint density at radius 3 is 2.43 bits per heavy atom. The molecule has 0 saturated carbocycles. The number of carbonyl (C=O) groups is 1. The predicted molar refractivity (Wildman–Crippen MR) is 120 cm³/mol. The van der Waals surface area contributed by atoms with Gasteiger partial charge in [-0.05, 0) is 69.5 Å². The van der Waals surface area contributed by atoms with Gasteiger partial charge in [0.25, 0.3) is 5.91 Å². The molecule has 0 spiro atoms. The molecule has 0 radical (unpaired) electrons. The molecule has 162 valence electrons. The van der Waals surface area contributed by atoms with Crippen LogP contribution in [0.2, 0.25) is 0 Å². The van der Waals surface area contributed by atoms with Crippen molar-refractivity contribution in [3.63, 3.8) is 0 Å². The number of benzene rings is 1. The molecule has 0 unspecified atom stereocenters. The Morgan fingerprint density at radius 1 is 1.00 bits per heavy atom. The highest BCUT2D eigenvalue weighted by molar-refractivity contribution is 5.97. The Kier molecular flexibility index (Phi) is 6.32. The molecule has 1 aromatic carbocycles. The Bertz CT molecular complexity index is 866. The number of carbonyl (C=O) groups excluding carboxylic acids is 1. The molecule has 0 aliphatic carbocycles. The van der Waals surface area contributed by atoms with E-state index < -0.39 is 0 Å². The third kappa shape index (κ3) is 4.33.